The fraction of sp³-hybridized carbons (Fsp3) is 0.357. The Morgan fingerprint density at radius 2 is 1.92 bits per heavy atom. The van der Waals surface area contributed by atoms with Gasteiger partial charge in [-0.15, -0.1) is 0 Å². The smallest absolute Gasteiger partial charge is 0.281 e. The molecule has 2 aliphatic heterocycles. The number of amides is 2. The van der Waals surface area contributed by atoms with E-state index in [0.717, 1.165) is 11.3 Å². The number of hydrogen-bond acceptors (Lipinski definition) is 5. The molecule has 2 atom stereocenters. The number of rotatable bonds is 3. The Labute approximate surface area is 228 Å². The van der Waals surface area contributed by atoms with Gasteiger partial charge in [-0.05, 0) is 65.5 Å². The van der Waals surface area contributed by atoms with Gasteiger partial charge in [-0.25, -0.2) is 4.39 Å². The molecule has 4 heterocycles. The minimum absolute atomic E-state index is 0.00633. The molecule has 198 valence electrons. The van der Waals surface area contributed by atoms with Gasteiger partial charge in [0.25, 0.3) is 11.5 Å². The number of likely N-dealkylation sites (N-methyl/N-ethyl adjacent to an activating group) is 1. The Morgan fingerprint density at radius 1 is 1.21 bits per heavy atom. The Kier molecular flexibility index (Phi) is 6.41. The number of anilines is 2. The molecule has 0 bridgehead atoms. The number of carbonyl (C=O) groups excluding carboxylic acids is 2. The first kappa shape index (κ1) is 26.1. The van der Waals surface area contributed by atoms with E-state index in [2.05, 4.69) is 27.5 Å². The van der Waals surface area contributed by atoms with E-state index in [1.807, 2.05) is 38.7 Å². The first-order valence-corrected chi connectivity index (χ1v) is 13.3. The predicted octanol–water partition coefficient (Wildman–Crippen LogP) is 4.29. The van der Waals surface area contributed by atoms with Crippen LogP contribution in [-0.2, 0) is 9.59 Å². The maximum atomic E-state index is 15.1. The summed E-state index contributed by atoms with van der Waals surface area (Å²) in [6.45, 7) is 11.8. The summed E-state index contributed by atoms with van der Waals surface area (Å²) in [4.78, 5) is 50.0. The molecule has 0 radical (unpaired) electrons. The van der Waals surface area contributed by atoms with Crippen LogP contribution >= 0.6 is 15.9 Å². The van der Waals surface area contributed by atoms with Gasteiger partial charge in [-0.2, -0.15) is 0 Å². The molecule has 2 aliphatic rings. The van der Waals surface area contributed by atoms with Crippen molar-refractivity contribution in [2.75, 3.05) is 29.9 Å². The van der Waals surface area contributed by atoms with Crippen molar-refractivity contribution in [3.05, 3.63) is 69.0 Å². The van der Waals surface area contributed by atoms with Crippen LogP contribution < -0.4 is 15.4 Å². The van der Waals surface area contributed by atoms with E-state index in [-0.39, 0.29) is 40.5 Å². The third kappa shape index (κ3) is 3.76. The SMILES string of the molecule is C=CC(=O)N1CC2C(=O)N(C)c3c(c4cc(F)c(Br)cc4n(-c4c(C)ccnc4C(C)C)c3=O)N2C[C@H]1C. The lowest BCUT2D eigenvalue weighted by molar-refractivity contribution is -0.130. The Morgan fingerprint density at radius 3 is 2.58 bits per heavy atom. The van der Waals surface area contributed by atoms with Crippen LogP contribution in [-0.4, -0.2) is 58.5 Å². The molecule has 1 unspecified atom stereocenters. The monoisotopic (exact) mass is 581 g/mol. The van der Waals surface area contributed by atoms with Crippen LogP contribution in [0.5, 0.6) is 0 Å². The summed E-state index contributed by atoms with van der Waals surface area (Å²) in [5.74, 6) is -1.05. The molecule has 8 nitrogen and oxygen atoms in total. The second-order valence-corrected chi connectivity index (χ2v) is 11.1. The summed E-state index contributed by atoms with van der Waals surface area (Å²) in [6.07, 6.45) is 2.95. The Balaban J connectivity index is 1.89. The minimum atomic E-state index is -0.718. The topological polar surface area (TPSA) is 78.8 Å². The molecular weight excluding hydrogens is 553 g/mol. The second-order valence-electron chi connectivity index (χ2n) is 10.2. The number of benzene rings is 1. The van der Waals surface area contributed by atoms with Crippen molar-refractivity contribution in [3.8, 4) is 5.69 Å². The number of hydrogen-bond donors (Lipinski definition) is 0. The van der Waals surface area contributed by atoms with Crippen LogP contribution in [0.1, 0.15) is 37.9 Å². The number of pyridine rings is 2. The van der Waals surface area contributed by atoms with Crippen LogP contribution in [0.3, 0.4) is 0 Å². The van der Waals surface area contributed by atoms with Crippen molar-refractivity contribution in [1.29, 1.82) is 0 Å². The van der Waals surface area contributed by atoms with Gasteiger partial charge in [0, 0.05) is 31.2 Å². The van der Waals surface area contributed by atoms with Crippen LogP contribution in [0.4, 0.5) is 15.8 Å². The van der Waals surface area contributed by atoms with Gasteiger partial charge >= 0.3 is 0 Å². The van der Waals surface area contributed by atoms with E-state index in [9.17, 15) is 14.4 Å². The summed E-state index contributed by atoms with van der Waals surface area (Å²) in [6, 6.07) is 3.87. The van der Waals surface area contributed by atoms with Gasteiger partial charge in [-0.1, -0.05) is 20.4 Å². The van der Waals surface area contributed by atoms with Crippen molar-refractivity contribution in [3.63, 3.8) is 0 Å². The first-order valence-electron chi connectivity index (χ1n) is 12.5. The number of fused-ring (bicyclic) bond motifs is 5. The lowest BCUT2D eigenvalue weighted by Gasteiger charge is -2.49. The highest BCUT2D eigenvalue weighted by Crippen LogP contribution is 2.43. The van der Waals surface area contributed by atoms with E-state index in [1.165, 1.54) is 17.0 Å². The zero-order valence-electron chi connectivity index (χ0n) is 22.0. The summed E-state index contributed by atoms with van der Waals surface area (Å²) < 4.78 is 16.9. The summed E-state index contributed by atoms with van der Waals surface area (Å²) in [5, 5.41) is 0.498. The van der Waals surface area contributed by atoms with Gasteiger partial charge in [0.2, 0.25) is 5.91 Å². The number of carbonyl (C=O) groups is 2. The van der Waals surface area contributed by atoms with E-state index in [4.69, 9.17) is 0 Å². The maximum Gasteiger partial charge on any atom is 0.281 e. The van der Waals surface area contributed by atoms with Crippen molar-refractivity contribution >= 4 is 50.0 Å². The summed E-state index contributed by atoms with van der Waals surface area (Å²) in [5.41, 5.74) is 2.95. The quantitative estimate of drug-likeness (QED) is 0.431. The number of nitrogens with zero attached hydrogens (tertiary/aromatic N) is 5. The molecule has 1 saturated heterocycles. The zero-order valence-corrected chi connectivity index (χ0v) is 23.5. The van der Waals surface area contributed by atoms with Crippen molar-refractivity contribution in [2.24, 2.45) is 0 Å². The highest BCUT2D eigenvalue weighted by molar-refractivity contribution is 9.10. The van der Waals surface area contributed by atoms with E-state index in [0.29, 0.717) is 28.8 Å². The van der Waals surface area contributed by atoms with Crippen molar-refractivity contribution in [1.82, 2.24) is 14.5 Å². The van der Waals surface area contributed by atoms with E-state index in [1.54, 1.807) is 28.8 Å². The molecule has 38 heavy (non-hydrogen) atoms. The summed E-state index contributed by atoms with van der Waals surface area (Å²) in [7, 11) is 1.56. The molecule has 0 spiro atoms. The van der Waals surface area contributed by atoms with Crippen LogP contribution in [0.15, 0.2) is 46.3 Å². The second kappa shape index (κ2) is 9.34. The number of halogens is 2. The first-order chi connectivity index (χ1) is 18.0. The average molecular weight is 582 g/mol. The number of aromatic nitrogens is 2. The van der Waals surface area contributed by atoms with Crippen molar-refractivity contribution in [2.45, 2.75) is 45.7 Å². The zero-order chi connectivity index (χ0) is 27.6. The third-order valence-corrected chi connectivity index (χ3v) is 8.13. The van der Waals surface area contributed by atoms with E-state index >= 15 is 4.39 Å². The fourth-order valence-electron chi connectivity index (χ4n) is 5.65. The maximum absolute atomic E-state index is 15.1. The standard InChI is InChI=1S/C28H29BrFN5O3/c1-7-22(36)33-13-21-27(37)32(6)26-25(34(21)12-16(33)5)17-10-19(30)18(29)11-20(17)35(28(26)38)24-15(4)8-9-31-23(24)14(2)3/h7-11,14,16,21H,1,12-13H2,2-6H3/t16-,21?/m1/s1. The third-order valence-electron chi connectivity index (χ3n) is 7.52. The largest absolute Gasteiger partial charge is 0.354 e. The number of aryl methyl sites for hydroxylation is 1. The normalized spacial score (nSPS) is 19.2. The van der Waals surface area contributed by atoms with E-state index < -0.39 is 17.4 Å². The lowest BCUT2D eigenvalue weighted by atomic mass is 9.97. The number of piperazine rings is 1. The molecule has 5 rings (SSSR count). The Hall–Kier alpha value is -3.53. The molecular formula is C28H29BrFN5O3. The molecule has 0 saturated carbocycles. The molecule has 0 aliphatic carbocycles. The highest BCUT2D eigenvalue weighted by Gasteiger charge is 2.45. The van der Waals surface area contributed by atoms with Crippen LogP contribution in [0, 0.1) is 12.7 Å². The molecule has 3 aromatic rings. The molecule has 2 amide bonds. The van der Waals surface area contributed by atoms with Gasteiger partial charge in [0.05, 0.1) is 33.6 Å². The molecule has 0 N–H and O–H groups in total. The van der Waals surface area contributed by atoms with Crippen LogP contribution in [0.25, 0.3) is 16.6 Å². The summed E-state index contributed by atoms with van der Waals surface area (Å²) >= 11 is 3.30. The lowest BCUT2D eigenvalue weighted by Crippen LogP contribution is -2.66. The van der Waals surface area contributed by atoms with Gasteiger partial charge in [0.15, 0.2) is 0 Å². The Bertz CT molecular complexity index is 1580. The molecule has 2 aromatic heterocycles. The van der Waals surface area contributed by atoms with Crippen molar-refractivity contribution < 1.29 is 14.0 Å². The highest BCUT2D eigenvalue weighted by atomic mass is 79.9. The average Bonchev–Trinajstić information content (AvgIpc) is 2.87. The molecule has 1 fully saturated rings. The predicted molar refractivity (Wildman–Crippen MR) is 150 cm³/mol. The molecule has 10 heteroatoms. The van der Waals surface area contributed by atoms with Gasteiger partial charge in [-0.3, -0.25) is 23.9 Å². The van der Waals surface area contributed by atoms with Gasteiger partial charge < -0.3 is 14.7 Å². The minimum Gasteiger partial charge on any atom is -0.354 e. The van der Waals surface area contributed by atoms with Crippen LogP contribution in [0.2, 0.25) is 0 Å². The fourth-order valence-corrected chi connectivity index (χ4v) is 5.98. The molecule has 1 aromatic carbocycles. The van der Waals surface area contributed by atoms with Gasteiger partial charge in [0.1, 0.15) is 17.5 Å².